The van der Waals surface area contributed by atoms with E-state index in [0.29, 0.717) is 10.8 Å². The van der Waals surface area contributed by atoms with Gasteiger partial charge in [-0.1, -0.05) is 105 Å². The van der Waals surface area contributed by atoms with E-state index in [1.807, 2.05) is 0 Å². The monoisotopic (exact) mass is 514 g/mol. The predicted molar refractivity (Wildman–Crippen MR) is 130 cm³/mol. The first-order valence-corrected chi connectivity index (χ1v) is 17.4. The van der Waals surface area contributed by atoms with E-state index in [4.69, 9.17) is 17.0 Å². The van der Waals surface area contributed by atoms with Crippen molar-refractivity contribution in [3.8, 4) is 0 Å². The summed E-state index contributed by atoms with van der Waals surface area (Å²) in [6, 6.07) is 13.7. The molecule has 0 heterocycles. The van der Waals surface area contributed by atoms with Gasteiger partial charge in [-0.15, -0.1) is 0 Å². The Morgan fingerprint density at radius 1 is 0.759 bits per heavy atom. The molecule has 0 aliphatic heterocycles. The summed E-state index contributed by atoms with van der Waals surface area (Å²) in [5.74, 6) is 0. The SMILES string of the molecule is CCCC(C)(CC)c1cc[c-](C)c1.CCCC(C)(CC)c1cc[c-](C)c1.[Cl][Zr+2][Cl]. The van der Waals surface area contributed by atoms with Crippen LogP contribution in [-0.4, -0.2) is 0 Å². The number of halogens is 2. The first kappa shape index (κ1) is 29.2. The molecule has 2 unspecified atom stereocenters. The quantitative estimate of drug-likeness (QED) is 0.306. The molecule has 2 aromatic rings. The van der Waals surface area contributed by atoms with Crippen LogP contribution >= 0.6 is 17.0 Å². The number of hydrogen-bond acceptors (Lipinski definition) is 0. The third kappa shape index (κ3) is 9.88. The van der Waals surface area contributed by atoms with E-state index in [-0.39, 0.29) is 0 Å². The first-order valence-electron chi connectivity index (χ1n) is 11.1. The molecule has 0 bridgehead atoms. The molecule has 0 aliphatic rings. The summed E-state index contributed by atoms with van der Waals surface area (Å²) in [7, 11) is 9.87. The van der Waals surface area contributed by atoms with Crippen molar-refractivity contribution in [2.75, 3.05) is 0 Å². The molecule has 2 rings (SSSR count). The summed E-state index contributed by atoms with van der Waals surface area (Å²) in [6.45, 7) is 18.2. The normalized spacial score (nSPS) is 14.4. The summed E-state index contributed by atoms with van der Waals surface area (Å²) in [5, 5.41) is 0. The van der Waals surface area contributed by atoms with E-state index in [9.17, 15) is 0 Å². The fraction of sp³-hybridized carbons (Fsp3) is 0.615. The van der Waals surface area contributed by atoms with Crippen LogP contribution < -0.4 is 0 Å². The van der Waals surface area contributed by atoms with Crippen molar-refractivity contribution < 1.29 is 20.8 Å². The third-order valence-electron chi connectivity index (χ3n) is 6.38. The van der Waals surface area contributed by atoms with Gasteiger partial charge in [-0.2, -0.15) is 46.5 Å². The average molecular weight is 517 g/mol. The van der Waals surface area contributed by atoms with Crippen molar-refractivity contribution in [1.29, 1.82) is 0 Å². The Bertz CT molecular complexity index is 601. The van der Waals surface area contributed by atoms with Crippen molar-refractivity contribution in [1.82, 2.24) is 0 Å². The molecule has 0 saturated carbocycles. The average Bonchev–Trinajstić information content (AvgIpc) is 3.32. The molecule has 2 atom stereocenters. The van der Waals surface area contributed by atoms with Crippen LogP contribution in [0.25, 0.3) is 0 Å². The van der Waals surface area contributed by atoms with Crippen LogP contribution in [0.5, 0.6) is 0 Å². The van der Waals surface area contributed by atoms with E-state index in [0.717, 1.165) is 0 Å². The Kier molecular flexibility index (Phi) is 15.1. The summed E-state index contributed by atoms with van der Waals surface area (Å²) < 4.78 is 0. The van der Waals surface area contributed by atoms with Gasteiger partial charge in [0.2, 0.25) is 0 Å². The molecule has 29 heavy (non-hydrogen) atoms. The van der Waals surface area contributed by atoms with Gasteiger partial charge in [0.15, 0.2) is 0 Å². The minimum atomic E-state index is -0.826. The van der Waals surface area contributed by atoms with Crippen LogP contribution in [0.2, 0.25) is 0 Å². The minimum absolute atomic E-state index is 0.406. The van der Waals surface area contributed by atoms with Crippen LogP contribution in [0.3, 0.4) is 0 Å². The second-order valence-corrected chi connectivity index (χ2v) is 12.5. The van der Waals surface area contributed by atoms with Crippen LogP contribution in [0.1, 0.15) is 102 Å². The Morgan fingerprint density at radius 2 is 1.07 bits per heavy atom. The maximum atomic E-state index is 4.93. The Morgan fingerprint density at radius 3 is 1.24 bits per heavy atom. The predicted octanol–water partition coefficient (Wildman–Crippen LogP) is 9.74. The van der Waals surface area contributed by atoms with Gasteiger partial charge < -0.3 is 0 Å². The van der Waals surface area contributed by atoms with Gasteiger partial charge in [-0.25, -0.2) is 12.1 Å². The van der Waals surface area contributed by atoms with Gasteiger partial charge in [0, 0.05) is 0 Å². The number of rotatable bonds is 8. The van der Waals surface area contributed by atoms with Crippen LogP contribution in [-0.2, 0) is 31.7 Å². The van der Waals surface area contributed by atoms with Crippen LogP contribution in [0, 0.1) is 13.8 Å². The molecule has 0 saturated heterocycles. The topological polar surface area (TPSA) is 0 Å². The summed E-state index contributed by atoms with van der Waals surface area (Å²) in [6.07, 6.45) is 7.62. The van der Waals surface area contributed by atoms with Gasteiger partial charge >= 0.3 is 37.9 Å². The molecule has 0 aliphatic carbocycles. The molecule has 0 amide bonds. The third-order valence-corrected chi connectivity index (χ3v) is 6.38. The Labute approximate surface area is 200 Å². The molecule has 3 heteroatoms. The Hall–Kier alpha value is 0.163. The van der Waals surface area contributed by atoms with Gasteiger partial charge in [0.25, 0.3) is 0 Å². The molecule has 164 valence electrons. The zero-order valence-electron chi connectivity index (χ0n) is 20.0. The van der Waals surface area contributed by atoms with Gasteiger partial charge in [-0.05, 0) is 0 Å². The molecule has 0 fully saturated rings. The summed E-state index contributed by atoms with van der Waals surface area (Å²) in [5.41, 5.74) is 6.65. The molecule has 0 nitrogen and oxygen atoms in total. The molecule has 2 aromatic carbocycles. The Balaban J connectivity index is 0.000000477. The molecular formula is C26H42Cl2Zr. The number of hydrogen-bond donors (Lipinski definition) is 0. The van der Waals surface area contributed by atoms with Gasteiger partial charge in [0.1, 0.15) is 0 Å². The van der Waals surface area contributed by atoms with Gasteiger partial charge in [0.05, 0.1) is 0 Å². The fourth-order valence-electron chi connectivity index (χ4n) is 4.03. The molecule has 0 radical (unpaired) electrons. The standard InChI is InChI=1S/2C13H21.2ClH.Zr/c2*1-5-9-13(4,6-2)12-8-7-11(3)10-12;;;/h2*7-8,10H,5-6,9H2,1-4H3;2*1H;/q2*-1;;;+4/p-2. The molecule has 0 N–H and O–H groups in total. The van der Waals surface area contributed by atoms with E-state index < -0.39 is 20.8 Å². The summed E-state index contributed by atoms with van der Waals surface area (Å²) >= 11 is -0.826. The molecule has 0 spiro atoms. The van der Waals surface area contributed by atoms with Crippen LogP contribution in [0.15, 0.2) is 36.4 Å². The zero-order chi connectivity index (χ0) is 22.5. The van der Waals surface area contributed by atoms with E-state index in [2.05, 4.69) is 91.8 Å². The number of aryl methyl sites for hydroxylation is 2. The molecule has 0 aromatic heterocycles. The van der Waals surface area contributed by atoms with Crippen LogP contribution in [0.4, 0.5) is 0 Å². The van der Waals surface area contributed by atoms with Crippen molar-refractivity contribution >= 4 is 17.0 Å². The van der Waals surface area contributed by atoms with Crippen molar-refractivity contribution in [2.24, 2.45) is 0 Å². The van der Waals surface area contributed by atoms with E-state index >= 15 is 0 Å². The maximum absolute atomic E-state index is 4.93. The second kappa shape index (κ2) is 15.0. The second-order valence-electron chi connectivity index (χ2n) is 8.75. The van der Waals surface area contributed by atoms with Crippen molar-refractivity contribution in [3.05, 3.63) is 58.7 Å². The van der Waals surface area contributed by atoms with Gasteiger partial charge in [-0.3, -0.25) is 0 Å². The van der Waals surface area contributed by atoms with Crippen molar-refractivity contribution in [3.63, 3.8) is 0 Å². The van der Waals surface area contributed by atoms with E-state index in [1.165, 1.54) is 60.8 Å². The van der Waals surface area contributed by atoms with Crippen molar-refractivity contribution in [2.45, 2.75) is 105 Å². The fourth-order valence-corrected chi connectivity index (χ4v) is 4.03. The summed E-state index contributed by atoms with van der Waals surface area (Å²) in [4.78, 5) is 0. The first-order chi connectivity index (χ1) is 13.7. The van der Waals surface area contributed by atoms with E-state index in [1.54, 1.807) is 0 Å². The zero-order valence-corrected chi connectivity index (χ0v) is 23.9. The molecular weight excluding hydrogens is 474 g/mol.